The zero-order valence-corrected chi connectivity index (χ0v) is 17.0. The molecule has 4 saturated carbocycles. The Balaban J connectivity index is 1.41. The van der Waals surface area contributed by atoms with Gasteiger partial charge in [0.2, 0.25) is 0 Å². The highest BCUT2D eigenvalue weighted by atomic mass is 16.6. The van der Waals surface area contributed by atoms with Crippen molar-refractivity contribution < 1.29 is 29.3 Å². The molecule has 1 spiro atoms. The smallest absolute Gasteiger partial charge is 0.331 e. The summed E-state index contributed by atoms with van der Waals surface area (Å²) in [5, 5.41) is 21.8. The van der Waals surface area contributed by atoms with E-state index in [4.69, 9.17) is 9.47 Å². The van der Waals surface area contributed by atoms with Crippen LogP contribution in [0.2, 0.25) is 0 Å². The van der Waals surface area contributed by atoms with E-state index in [2.05, 4.69) is 6.92 Å². The van der Waals surface area contributed by atoms with Gasteiger partial charge in [-0.1, -0.05) is 6.92 Å². The first-order chi connectivity index (χ1) is 13.8. The number of esters is 2. The van der Waals surface area contributed by atoms with Crippen LogP contribution in [0.3, 0.4) is 0 Å². The number of hydrogen-bond donors (Lipinski definition) is 2. The summed E-state index contributed by atoms with van der Waals surface area (Å²) in [7, 11) is 0. The Bertz CT molecular complexity index is 835. The van der Waals surface area contributed by atoms with Crippen molar-refractivity contribution in [3.8, 4) is 0 Å². The zero-order valence-electron chi connectivity index (χ0n) is 17.0. The minimum atomic E-state index is -1.15. The van der Waals surface area contributed by atoms with E-state index in [1.165, 1.54) is 0 Å². The van der Waals surface area contributed by atoms with Gasteiger partial charge >= 0.3 is 11.9 Å². The topological polar surface area (TPSA) is 93.1 Å². The highest BCUT2D eigenvalue weighted by Gasteiger charge is 2.80. The number of carbonyl (C=O) groups excluding carboxylic acids is 2. The summed E-state index contributed by atoms with van der Waals surface area (Å²) in [4.78, 5) is 25.1. The molecule has 0 aromatic rings. The molecule has 6 rings (SSSR count). The predicted molar refractivity (Wildman–Crippen MR) is 101 cm³/mol. The summed E-state index contributed by atoms with van der Waals surface area (Å²) in [5.41, 5.74) is -1.42. The first-order valence-corrected chi connectivity index (χ1v) is 11.3. The van der Waals surface area contributed by atoms with E-state index in [-0.39, 0.29) is 35.6 Å². The highest BCUT2D eigenvalue weighted by molar-refractivity contribution is 5.85. The Hall–Kier alpha value is -1.40. The van der Waals surface area contributed by atoms with Crippen LogP contribution < -0.4 is 0 Å². The number of cyclic esters (lactones) is 1. The molecule has 6 aliphatic rings. The predicted octanol–water partition coefficient (Wildman–Crippen LogP) is 2.26. The lowest BCUT2D eigenvalue weighted by atomic mass is 9.42. The van der Waals surface area contributed by atoms with Crippen LogP contribution in [0.25, 0.3) is 0 Å². The summed E-state index contributed by atoms with van der Waals surface area (Å²) < 4.78 is 11.6. The van der Waals surface area contributed by atoms with Crippen molar-refractivity contribution in [3.63, 3.8) is 0 Å². The van der Waals surface area contributed by atoms with Gasteiger partial charge in [-0.2, -0.15) is 0 Å². The van der Waals surface area contributed by atoms with Gasteiger partial charge < -0.3 is 19.7 Å². The maximum absolute atomic E-state index is 13.4. The molecule has 8 atom stereocenters. The first kappa shape index (κ1) is 18.4. The lowest BCUT2D eigenvalue weighted by Crippen LogP contribution is -2.67. The fraction of sp³-hybridized carbons (Fsp3) is 0.826. The molecule has 2 aliphatic heterocycles. The number of aliphatic hydroxyl groups is 2. The van der Waals surface area contributed by atoms with E-state index in [1.54, 1.807) is 6.08 Å². The van der Waals surface area contributed by atoms with Crippen LogP contribution in [0.15, 0.2) is 11.6 Å². The van der Waals surface area contributed by atoms with E-state index in [0.29, 0.717) is 38.2 Å². The van der Waals surface area contributed by atoms with Crippen molar-refractivity contribution in [2.24, 2.45) is 28.6 Å². The van der Waals surface area contributed by atoms with Crippen molar-refractivity contribution in [3.05, 3.63) is 11.6 Å². The van der Waals surface area contributed by atoms with Crippen LogP contribution in [0, 0.1) is 28.6 Å². The van der Waals surface area contributed by atoms with Gasteiger partial charge in [-0.25, -0.2) is 4.79 Å². The molecule has 6 nitrogen and oxygen atoms in total. The van der Waals surface area contributed by atoms with Crippen molar-refractivity contribution in [1.29, 1.82) is 0 Å². The molecule has 4 aliphatic carbocycles. The fourth-order valence-electron chi connectivity index (χ4n) is 8.96. The highest BCUT2D eigenvalue weighted by Crippen LogP contribution is 2.74. The van der Waals surface area contributed by atoms with Crippen molar-refractivity contribution in [2.75, 3.05) is 6.61 Å². The number of rotatable bonds is 1. The minimum absolute atomic E-state index is 0.0221. The average molecular weight is 402 g/mol. The lowest BCUT2D eigenvalue weighted by molar-refractivity contribution is -0.214. The fourth-order valence-corrected chi connectivity index (χ4v) is 8.96. The number of aliphatic hydroxyl groups excluding tert-OH is 1. The van der Waals surface area contributed by atoms with E-state index in [9.17, 15) is 19.8 Å². The molecule has 2 bridgehead atoms. The molecule has 0 amide bonds. The molecule has 158 valence electrons. The maximum Gasteiger partial charge on any atom is 0.331 e. The molecule has 0 radical (unpaired) electrons. The van der Waals surface area contributed by atoms with Gasteiger partial charge in [0.1, 0.15) is 17.6 Å². The second-order valence-electron chi connectivity index (χ2n) is 10.9. The first-order valence-electron chi connectivity index (χ1n) is 11.3. The molecule has 2 heterocycles. The van der Waals surface area contributed by atoms with Gasteiger partial charge in [-0.15, -0.1) is 0 Å². The second kappa shape index (κ2) is 5.44. The van der Waals surface area contributed by atoms with E-state index in [1.807, 2.05) is 0 Å². The van der Waals surface area contributed by atoms with Crippen LogP contribution in [0.4, 0.5) is 0 Å². The standard InChI is InChI=1S/C23H30O6/c1-20-6-5-17-22-7-4-14(24)11-21(22,27)8-9-23(17,29-19(22)26)16(20)3-2-15(20)13-10-18(25)28-12-13/h10,14-17,24,27H,2-9,11-12H2,1H3/t14-,15-,16-,17-,20-,21+,22-,23-/m0/s1. The van der Waals surface area contributed by atoms with Gasteiger partial charge in [0.25, 0.3) is 0 Å². The lowest BCUT2D eigenvalue weighted by Gasteiger charge is -2.61. The Labute approximate surface area is 170 Å². The van der Waals surface area contributed by atoms with Gasteiger partial charge in [0, 0.05) is 24.3 Å². The average Bonchev–Trinajstić information content (AvgIpc) is 3.29. The molecule has 29 heavy (non-hydrogen) atoms. The largest absolute Gasteiger partial charge is 0.458 e. The second-order valence-corrected chi connectivity index (χ2v) is 10.9. The van der Waals surface area contributed by atoms with Crippen molar-refractivity contribution in [1.82, 2.24) is 0 Å². The third-order valence-corrected chi connectivity index (χ3v) is 10.1. The third-order valence-electron chi connectivity index (χ3n) is 10.1. The van der Waals surface area contributed by atoms with Gasteiger partial charge in [0.05, 0.1) is 11.7 Å². The normalized spacial score (nSPS) is 55.5. The molecule has 1 saturated heterocycles. The number of fused-ring (bicyclic) bond motifs is 1. The molecule has 6 heteroatoms. The van der Waals surface area contributed by atoms with Crippen LogP contribution >= 0.6 is 0 Å². The maximum atomic E-state index is 13.4. The Morgan fingerprint density at radius 1 is 1.03 bits per heavy atom. The monoisotopic (exact) mass is 402 g/mol. The molecule has 2 N–H and O–H groups in total. The molecule has 0 aromatic heterocycles. The SMILES string of the molecule is C[C@@]12CC[C@@H]3[C@]4(CC[C@@]5(O)C[C@@H](O)CC[C@@]35C(=O)O4)[C@H]1CC[C@H]2C1=CC(=O)OC1. The van der Waals surface area contributed by atoms with Crippen LogP contribution in [0.1, 0.15) is 64.7 Å². The molecular weight excluding hydrogens is 372 g/mol. The van der Waals surface area contributed by atoms with Crippen LogP contribution in [-0.2, 0) is 19.1 Å². The van der Waals surface area contributed by atoms with E-state index >= 15 is 0 Å². The zero-order chi connectivity index (χ0) is 20.2. The van der Waals surface area contributed by atoms with Gasteiger partial charge in [0.15, 0.2) is 0 Å². The molecule has 5 fully saturated rings. The number of carbonyl (C=O) groups is 2. The molecule has 0 aromatic carbocycles. The van der Waals surface area contributed by atoms with Crippen LogP contribution in [0.5, 0.6) is 0 Å². The Kier molecular flexibility index (Phi) is 3.45. The van der Waals surface area contributed by atoms with E-state index < -0.39 is 22.7 Å². The Morgan fingerprint density at radius 3 is 2.62 bits per heavy atom. The molecule has 0 unspecified atom stereocenters. The van der Waals surface area contributed by atoms with Gasteiger partial charge in [-0.05, 0) is 68.3 Å². The van der Waals surface area contributed by atoms with Crippen molar-refractivity contribution >= 4 is 11.9 Å². The van der Waals surface area contributed by atoms with Crippen LogP contribution in [-0.4, -0.2) is 46.1 Å². The summed E-state index contributed by atoms with van der Waals surface area (Å²) in [6, 6.07) is 0. The van der Waals surface area contributed by atoms with Gasteiger partial charge in [-0.3, -0.25) is 4.79 Å². The summed E-state index contributed by atoms with van der Waals surface area (Å²) in [5.74, 6) is 0.101. The quantitative estimate of drug-likeness (QED) is 0.654. The number of ether oxygens (including phenoxy) is 2. The summed E-state index contributed by atoms with van der Waals surface area (Å²) >= 11 is 0. The number of hydrogen-bond acceptors (Lipinski definition) is 6. The summed E-state index contributed by atoms with van der Waals surface area (Å²) in [6.45, 7) is 2.71. The van der Waals surface area contributed by atoms with E-state index in [0.717, 1.165) is 31.3 Å². The molecular formula is C23H30O6. The minimum Gasteiger partial charge on any atom is -0.458 e. The Morgan fingerprint density at radius 2 is 1.86 bits per heavy atom. The third kappa shape index (κ3) is 1.96. The van der Waals surface area contributed by atoms with Crippen molar-refractivity contribution in [2.45, 2.75) is 82.0 Å². The summed E-state index contributed by atoms with van der Waals surface area (Å²) in [6.07, 6.45) is 7.49.